The Balaban J connectivity index is 1.49. The highest BCUT2D eigenvalue weighted by atomic mass is 16.2. The molecule has 1 saturated carbocycles. The first-order valence-corrected chi connectivity index (χ1v) is 7.64. The summed E-state index contributed by atoms with van der Waals surface area (Å²) in [6, 6.07) is 7.84. The molecule has 0 aliphatic heterocycles. The Labute approximate surface area is 123 Å². The van der Waals surface area contributed by atoms with Gasteiger partial charge < -0.3 is 10.3 Å². The van der Waals surface area contributed by atoms with Crippen LogP contribution < -0.4 is 5.32 Å². The lowest BCUT2D eigenvalue weighted by Gasteiger charge is -2.20. The van der Waals surface area contributed by atoms with Gasteiger partial charge in [-0.3, -0.25) is 4.79 Å². The van der Waals surface area contributed by atoms with E-state index in [1.807, 2.05) is 31.2 Å². The van der Waals surface area contributed by atoms with Crippen LogP contribution in [0.5, 0.6) is 0 Å². The quantitative estimate of drug-likeness (QED) is 0.850. The molecule has 0 radical (unpaired) electrons. The maximum atomic E-state index is 12.4. The van der Waals surface area contributed by atoms with Crippen LogP contribution in [0.1, 0.15) is 31.6 Å². The minimum atomic E-state index is -0.0898. The summed E-state index contributed by atoms with van der Waals surface area (Å²) in [6.45, 7) is 1.98. The minimum absolute atomic E-state index is 0.0898. The minimum Gasteiger partial charge on any atom is -0.346 e. The van der Waals surface area contributed by atoms with E-state index in [4.69, 9.17) is 0 Å². The van der Waals surface area contributed by atoms with Gasteiger partial charge in [-0.15, -0.1) is 0 Å². The molecule has 1 aromatic carbocycles. The Kier molecular flexibility index (Phi) is 2.84. The lowest BCUT2D eigenvalue weighted by molar-refractivity contribution is -0.126. The molecule has 2 aliphatic carbocycles. The third-order valence-corrected chi connectivity index (χ3v) is 4.79. The van der Waals surface area contributed by atoms with Crippen LogP contribution in [-0.4, -0.2) is 15.9 Å². The molecule has 1 heterocycles. The van der Waals surface area contributed by atoms with Gasteiger partial charge in [-0.1, -0.05) is 24.3 Å². The molecule has 1 fully saturated rings. The van der Waals surface area contributed by atoms with E-state index in [0.29, 0.717) is 11.8 Å². The van der Waals surface area contributed by atoms with E-state index in [1.165, 1.54) is 0 Å². The first-order valence-electron chi connectivity index (χ1n) is 7.64. The number of aromatic nitrogens is 2. The van der Waals surface area contributed by atoms with Crippen LogP contribution >= 0.6 is 0 Å². The standard InChI is InChI=1S/C17H19N3O/c1-10(16-19-14-4-2-3-5-15(14)20-16)18-17(21)13-9-11-6-7-12(13)8-11/h2-7,10-13H,8-9H2,1H3,(H,18,21)(H,19,20). The van der Waals surface area contributed by atoms with Crippen molar-refractivity contribution in [2.24, 2.45) is 17.8 Å². The summed E-state index contributed by atoms with van der Waals surface area (Å²) in [5.74, 6) is 2.19. The Hall–Kier alpha value is -2.10. The second-order valence-corrected chi connectivity index (χ2v) is 6.26. The monoisotopic (exact) mass is 281 g/mol. The number of H-pyrrole nitrogens is 1. The van der Waals surface area contributed by atoms with Crippen LogP contribution in [0.25, 0.3) is 11.0 Å². The first-order chi connectivity index (χ1) is 10.2. The number of fused-ring (bicyclic) bond motifs is 3. The second kappa shape index (κ2) is 4.72. The maximum Gasteiger partial charge on any atom is 0.224 e. The van der Waals surface area contributed by atoms with Crippen molar-refractivity contribution < 1.29 is 4.79 Å². The van der Waals surface area contributed by atoms with Crippen molar-refractivity contribution in [3.8, 4) is 0 Å². The zero-order chi connectivity index (χ0) is 14.4. The largest absolute Gasteiger partial charge is 0.346 e. The molecule has 2 aromatic rings. The normalized spacial score (nSPS) is 28.1. The van der Waals surface area contributed by atoms with Gasteiger partial charge in [0.1, 0.15) is 5.82 Å². The third-order valence-electron chi connectivity index (χ3n) is 4.79. The van der Waals surface area contributed by atoms with E-state index in [2.05, 4.69) is 27.4 Å². The zero-order valence-corrected chi connectivity index (χ0v) is 12.0. The lowest BCUT2D eigenvalue weighted by Crippen LogP contribution is -2.35. The van der Waals surface area contributed by atoms with Crippen LogP contribution in [0.15, 0.2) is 36.4 Å². The Morgan fingerprint density at radius 3 is 2.90 bits per heavy atom. The molecular formula is C17H19N3O. The van der Waals surface area contributed by atoms with E-state index in [0.717, 1.165) is 29.7 Å². The number of aromatic amines is 1. The molecule has 2 bridgehead atoms. The Morgan fingerprint density at radius 2 is 2.19 bits per heavy atom. The number of amides is 1. The molecule has 21 heavy (non-hydrogen) atoms. The number of rotatable bonds is 3. The topological polar surface area (TPSA) is 57.8 Å². The summed E-state index contributed by atoms with van der Waals surface area (Å²) in [6.07, 6.45) is 6.62. The summed E-state index contributed by atoms with van der Waals surface area (Å²) in [5.41, 5.74) is 1.95. The Morgan fingerprint density at radius 1 is 1.33 bits per heavy atom. The van der Waals surface area contributed by atoms with Crippen LogP contribution in [0.3, 0.4) is 0 Å². The van der Waals surface area contributed by atoms with Crippen molar-refractivity contribution in [1.29, 1.82) is 0 Å². The SMILES string of the molecule is CC(NC(=O)C1CC2C=CC1C2)c1nc2ccccc2[nH]1. The maximum absolute atomic E-state index is 12.4. The van der Waals surface area contributed by atoms with Gasteiger partial charge in [-0.25, -0.2) is 4.98 Å². The fraction of sp³-hybridized carbons (Fsp3) is 0.412. The van der Waals surface area contributed by atoms with Gasteiger partial charge in [0.05, 0.1) is 17.1 Å². The molecule has 4 unspecified atom stereocenters. The van der Waals surface area contributed by atoms with Crippen molar-refractivity contribution in [1.82, 2.24) is 15.3 Å². The second-order valence-electron chi connectivity index (χ2n) is 6.26. The van der Waals surface area contributed by atoms with E-state index in [9.17, 15) is 4.79 Å². The average molecular weight is 281 g/mol. The predicted molar refractivity (Wildman–Crippen MR) is 81.5 cm³/mol. The molecular weight excluding hydrogens is 262 g/mol. The van der Waals surface area contributed by atoms with Gasteiger partial charge in [0.15, 0.2) is 0 Å². The number of carbonyl (C=O) groups excluding carboxylic acids is 1. The Bertz CT molecular complexity index is 685. The van der Waals surface area contributed by atoms with Crippen molar-refractivity contribution in [3.05, 3.63) is 42.2 Å². The molecule has 4 heteroatoms. The van der Waals surface area contributed by atoms with Crippen LogP contribution in [0.2, 0.25) is 0 Å². The molecule has 2 aliphatic rings. The highest BCUT2D eigenvalue weighted by Crippen LogP contribution is 2.43. The summed E-state index contributed by atoms with van der Waals surface area (Å²) in [5, 5.41) is 3.12. The van der Waals surface area contributed by atoms with E-state index >= 15 is 0 Å². The first kappa shape index (κ1) is 12.6. The van der Waals surface area contributed by atoms with E-state index in [-0.39, 0.29) is 17.9 Å². The number of imidazole rings is 1. The summed E-state index contributed by atoms with van der Waals surface area (Å²) >= 11 is 0. The highest BCUT2D eigenvalue weighted by molar-refractivity contribution is 5.80. The average Bonchev–Trinajstić information content (AvgIpc) is 3.21. The molecule has 1 amide bonds. The molecule has 4 atom stereocenters. The van der Waals surface area contributed by atoms with Gasteiger partial charge in [-0.05, 0) is 43.7 Å². The fourth-order valence-electron chi connectivity index (χ4n) is 3.65. The number of hydrogen-bond acceptors (Lipinski definition) is 2. The van der Waals surface area contributed by atoms with Gasteiger partial charge >= 0.3 is 0 Å². The number of hydrogen-bond donors (Lipinski definition) is 2. The molecule has 0 saturated heterocycles. The van der Waals surface area contributed by atoms with Crippen molar-refractivity contribution in [3.63, 3.8) is 0 Å². The number of carbonyl (C=O) groups is 1. The van der Waals surface area contributed by atoms with Crippen LogP contribution in [-0.2, 0) is 4.79 Å². The molecule has 0 spiro atoms. The van der Waals surface area contributed by atoms with Crippen molar-refractivity contribution >= 4 is 16.9 Å². The van der Waals surface area contributed by atoms with Gasteiger partial charge in [0.25, 0.3) is 0 Å². The molecule has 4 rings (SSSR count). The molecule has 2 N–H and O–H groups in total. The fourth-order valence-corrected chi connectivity index (χ4v) is 3.65. The third kappa shape index (κ3) is 2.15. The molecule has 108 valence electrons. The zero-order valence-electron chi connectivity index (χ0n) is 12.0. The molecule has 4 nitrogen and oxygen atoms in total. The number of allylic oxidation sites excluding steroid dienone is 2. The van der Waals surface area contributed by atoms with E-state index in [1.54, 1.807) is 0 Å². The summed E-state index contributed by atoms with van der Waals surface area (Å²) in [7, 11) is 0. The predicted octanol–water partition coefficient (Wildman–Crippen LogP) is 2.95. The van der Waals surface area contributed by atoms with Crippen molar-refractivity contribution in [2.75, 3.05) is 0 Å². The summed E-state index contributed by atoms with van der Waals surface area (Å²) in [4.78, 5) is 20.3. The summed E-state index contributed by atoms with van der Waals surface area (Å²) < 4.78 is 0. The number of nitrogens with zero attached hydrogens (tertiary/aromatic N) is 1. The molecule has 1 aromatic heterocycles. The van der Waals surface area contributed by atoms with Crippen molar-refractivity contribution in [2.45, 2.75) is 25.8 Å². The van der Waals surface area contributed by atoms with Gasteiger partial charge in [0.2, 0.25) is 5.91 Å². The van der Waals surface area contributed by atoms with Gasteiger partial charge in [0, 0.05) is 5.92 Å². The smallest absolute Gasteiger partial charge is 0.224 e. The van der Waals surface area contributed by atoms with Crippen LogP contribution in [0.4, 0.5) is 0 Å². The number of benzene rings is 1. The number of nitrogens with one attached hydrogen (secondary N) is 2. The van der Waals surface area contributed by atoms with Gasteiger partial charge in [-0.2, -0.15) is 0 Å². The number of para-hydroxylation sites is 2. The van der Waals surface area contributed by atoms with Crippen LogP contribution in [0, 0.1) is 17.8 Å². The lowest BCUT2D eigenvalue weighted by atomic mass is 9.92. The highest BCUT2D eigenvalue weighted by Gasteiger charge is 2.40. The van der Waals surface area contributed by atoms with E-state index < -0.39 is 0 Å².